The molecule has 0 unspecified atom stereocenters. The van der Waals surface area contributed by atoms with Gasteiger partial charge in [0.2, 0.25) is 10.0 Å². The molecule has 0 heterocycles. The summed E-state index contributed by atoms with van der Waals surface area (Å²) in [5, 5.41) is 2.72. The number of amides is 1. The maximum atomic E-state index is 12.2. The number of carbonyl (C=O) groups is 1. The third-order valence-corrected chi connectivity index (χ3v) is 5.46. The summed E-state index contributed by atoms with van der Waals surface area (Å²) < 4.78 is 31.5. The monoisotopic (exact) mass is 390 g/mol. The van der Waals surface area contributed by atoms with Crippen LogP contribution in [0, 0.1) is 0 Å². The smallest absolute Gasteiger partial charge is 0.251 e. The van der Waals surface area contributed by atoms with Crippen LogP contribution in [0.3, 0.4) is 0 Å². The SMILES string of the molecule is CNS(=O)(=O)c1cccc(C(=O)NCCOc2ccc(C(C)(C)C)cc2)c1. The summed E-state index contributed by atoms with van der Waals surface area (Å²) in [4.78, 5) is 12.2. The van der Waals surface area contributed by atoms with Gasteiger partial charge >= 0.3 is 0 Å². The summed E-state index contributed by atoms with van der Waals surface area (Å²) in [6, 6.07) is 13.8. The zero-order valence-electron chi connectivity index (χ0n) is 16.1. The van der Waals surface area contributed by atoms with Crippen molar-refractivity contribution in [3.05, 3.63) is 59.7 Å². The highest BCUT2D eigenvalue weighted by Crippen LogP contribution is 2.24. The number of sulfonamides is 1. The summed E-state index contributed by atoms with van der Waals surface area (Å²) >= 11 is 0. The van der Waals surface area contributed by atoms with Crippen molar-refractivity contribution in [1.82, 2.24) is 10.0 Å². The van der Waals surface area contributed by atoms with Gasteiger partial charge in [-0.1, -0.05) is 39.0 Å². The number of hydrogen-bond acceptors (Lipinski definition) is 4. The molecule has 7 heteroatoms. The van der Waals surface area contributed by atoms with E-state index in [-0.39, 0.29) is 21.8 Å². The molecule has 0 bridgehead atoms. The molecule has 0 fully saturated rings. The van der Waals surface area contributed by atoms with Gasteiger partial charge in [0.05, 0.1) is 11.4 Å². The molecule has 0 atom stereocenters. The topological polar surface area (TPSA) is 84.5 Å². The molecule has 27 heavy (non-hydrogen) atoms. The van der Waals surface area contributed by atoms with Gasteiger partial charge in [-0.2, -0.15) is 0 Å². The number of carbonyl (C=O) groups excluding carboxylic acids is 1. The molecule has 0 radical (unpaired) electrons. The minimum Gasteiger partial charge on any atom is -0.492 e. The molecule has 0 aliphatic rings. The second kappa shape index (κ2) is 8.54. The van der Waals surface area contributed by atoms with Crippen LogP contribution in [-0.4, -0.2) is 34.5 Å². The summed E-state index contributed by atoms with van der Waals surface area (Å²) in [5.41, 5.74) is 1.59. The van der Waals surface area contributed by atoms with Crippen LogP contribution in [0.4, 0.5) is 0 Å². The van der Waals surface area contributed by atoms with Crippen LogP contribution in [0.1, 0.15) is 36.7 Å². The Bertz CT molecular complexity index is 885. The van der Waals surface area contributed by atoms with Gasteiger partial charge in [0.25, 0.3) is 5.91 Å². The molecule has 0 aromatic heterocycles. The zero-order chi connectivity index (χ0) is 20.1. The van der Waals surface area contributed by atoms with E-state index in [4.69, 9.17) is 4.74 Å². The van der Waals surface area contributed by atoms with Crippen molar-refractivity contribution in [3.63, 3.8) is 0 Å². The van der Waals surface area contributed by atoms with E-state index in [9.17, 15) is 13.2 Å². The van der Waals surface area contributed by atoms with Gasteiger partial charge in [-0.3, -0.25) is 4.79 Å². The highest BCUT2D eigenvalue weighted by molar-refractivity contribution is 7.89. The van der Waals surface area contributed by atoms with E-state index in [1.54, 1.807) is 6.07 Å². The van der Waals surface area contributed by atoms with Gasteiger partial charge in [0, 0.05) is 5.56 Å². The van der Waals surface area contributed by atoms with Crippen LogP contribution >= 0.6 is 0 Å². The normalized spacial score (nSPS) is 11.9. The van der Waals surface area contributed by atoms with E-state index in [0.29, 0.717) is 13.2 Å². The molecule has 0 saturated carbocycles. The van der Waals surface area contributed by atoms with Gasteiger partial charge in [0.1, 0.15) is 12.4 Å². The molecular weight excluding hydrogens is 364 g/mol. The van der Waals surface area contributed by atoms with Crippen LogP contribution in [-0.2, 0) is 15.4 Å². The van der Waals surface area contributed by atoms with Crippen LogP contribution < -0.4 is 14.8 Å². The van der Waals surface area contributed by atoms with Gasteiger partial charge in [-0.15, -0.1) is 0 Å². The molecule has 6 nitrogen and oxygen atoms in total. The second-order valence-electron chi connectivity index (χ2n) is 7.11. The minimum absolute atomic E-state index is 0.0489. The minimum atomic E-state index is -3.58. The first-order chi connectivity index (χ1) is 12.6. The molecule has 2 aromatic rings. The summed E-state index contributed by atoms with van der Waals surface area (Å²) in [5.74, 6) is 0.384. The van der Waals surface area contributed by atoms with E-state index in [2.05, 4.69) is 30.8 Å². The Morgan fingerprint density at radius 1 is 1.07 bits per heavy atom. The predicted octanol–water partition coefficient (Wildman–Crippen LogP) is 2.70. The van der Waals surface area contributed by atoms with Crippen molar-refractivity contribution >= 4 is 15.9 Å². The fourth-order valence-electron chi connectivity index (χ4n) is 2.41. The lowest BCUT2D eigenvalue weighted by Crippen LogP contribution is -2.28. The maximum Gasteiger partial charge on any atom is 0.251 e. The number of hydrogen-bond donors (Lipinski definition) is 2. The molecule has 0 saturated heterocycles. The van der Waals surface area contributed by atoms with Gasteiger partial charge in [0.15, 0.2) is 0 Å². The van der Waals surface area contributed by atoms with Crippen LogP contribution in [0.25, 0.3) is 0 Å². The third kappa shape index (κ3) is 5.80. The largest absolute Gasteiger partial charge is 0.492 e. The Hall–Kier alpha value is -2.38. The molecule has 146 valence electrons. The van der Waals surface area contributed by atoms with E-state index in [0.717, 1.165) is 5.75 Å². The number of rotatable bonds is 7. The molecule has 2 rings (SSSR count). The molecule has 2 N–H and O–H groups in total. The van der Waals surface area contributed by atoms with E-state index < -0.39 is 10.0 Å². The molecule has 0 aliphatic carbocycles. The van der Waals surface area contributed by atoms with Crippen LogP contribution in [0.15, 0.2) is 53.4 Å². The summed E-state index contributed by atoms with van der Waals surface area (Å²) in [7, 11) is -2.26. The Balaban J connectivity index is 1.87. The Labute approximate surface area is 161 Å². The van der Waals surface area contributed by atoms with Crippen molar-refractivity contribution < 1.29 is 17.9 Å². The summed E-state index contributed by atoms with van der Waals surface area (Å²) in [6.07, 6.45) is 0. The van der Waals surface area contributed by atoms with Crippen molar-refractivity contribution in [1.29, 1.82) is 0 Å². The van der Waals surface area contributed by atoms with Crippen LogP contribution in [0.2, 0.25) is 0 Å². The van der Waals surface area contributed by atoms with Gasteiger partial charge in [-0.05, 0) is 48.4 Å². The first kappa shape index (κ1) is 20.9. The average molecular weight is 391 g/mol. The van der Waals surface area contributed by atoms with Crippen molar-refractivity contribution in [2.24, 2.45) is 0 Å². The quantitative estimate of drug-likeness (QED) is 0.712. The maximum absolute atomic E-state index is 12.2. The lowest BCUT2D eigenvalue weighted by Gasteiger charge is -2.19. The molecule has 0 aliphatic heterocycles. The highest BCUT2D eigenvalue weighted by atomic mass is 32.2. The van der Waals surface area contributed by atoms with Crippen molar-refractivity contribution in [3.8, 4) is 5.75 Å². The van der Waals surface area contributed by atoms with Crippen molar-refractivity contribution in [2.75, 3.05) is 20.2 Å². The zero-order valence-corrected chi connectivity index (χ0v) is 16.9. The molecule has 2 aromatic carbocycles. The summed E-state index contributed by atoms with van der Waals surface area (Å²) in [6.45, 7) is 7.07. The van der Waals surface area contributed by atoms with Crippen molar-refractivity contribution in [2.45, 2.75) is 31.1 Å². The standard InChI is InChI=1S/C20H26N2O4S/c1-20(2,3)16-8-10-17(11-9-16)26-13-12-22-19(23)15-6-5-7-18(14-15)27(24,25)21-4/h5-11,14,21H,12-13H2,1-4H3,(H,22,23). The Kier molecular flexibility index (Phi) is 6.62. The molecule has 1 amide bonds. The van der Waals surface area contributed by atoms with E-state index in [1.165, 1.54) is 30.8 Å². The Morgan fingerprint density at radius 3 is 2.33 bits per heavy atom. The lowest BCUT2D eigenvalue weighted by molar-refractivity contribution is 0.0946. The fraction of sp³-hybridized carbons (Fsp3) is 0.350. The fourth-order valence-corrected chi connectivity index (χ4v) is 3.18. The molecule has 0 spiro atoms. The first-order valence-corrected chi connectivity index (χ1v) is 10.2. The number of benzene rings is 2. The molecular formula is C20H26N2O4S. The average Bonchev–Trinajstić information content (AvgIpc) is 2.65. The number of nitrogens with one attached hydrogen (secondary N) is 2. The first-order valence-electron chi connectivity index (χ1n) is 8.68. The van der Waals surface area contributed by atoms with Gasteiger partial charge in [-0.25, -0.2) is 13.1 Å². The van der Waals surface area contributed by atoms with E-state index in [1.807, 2.05) is 24.3 Å². The number of ether oxygens (including phenoxy) is 1. The third-order valence-electron chi connectivity index (χ3n) is 4.05. The highest BCUT2D eigenvalue weighted by Gasteiger charge is 2.14. The predicted molar refractivity (Wildman–Crippen MR) is 106 cm³/mol. The van der Waals surface area contributed by atoms with E-state index >= 15 is 0 Å². The van der Waals surface area contributed by atoms with Gasteiger partial charge < -0.3 is 10.1 Å². The lowest BCUT2D eigenvalue weighted by atomic mass is 9.87. The Morgan fingerprint density at radius 2 is 1.74 bits per heavy atom. The second-order valence-corrected chi connectivity index (χ2v) is 9.00. The van der Waals surface area contributed by atoms with Crippen LogP contribution in [0.5, 0.6) is 5.75 Å².